The summed E-state index contributed by atoms with van der Waals surface area (Å²) in [6.07, 6.45) is 3.91. The van der Waals surface area contributed by atoms with Gasteiger partial charge in [0.15, 0.2) is 18.1 Å². The maximum Gasteiger partial charge on any atom is 0.259 e. The summed E-state index contributed by atoms with van der Waals surface area (Å²) in [5, 5.41) is 8.40. The molecule has 0 saturated heterocycles. The van der Waals surface area contributed by atoms with E-state index in [-0.39, 0.29) is 12.5 Å². The number of methoxy groups -OCH3 is 1. The quantitative estimate of drug-likeness (QED) is 0.740. The summed E-state index contributed by atoms with van der Waals surface area (Å²) in [5.41, 5.74) is 2.82. The number of aromatic amines is 1. The lowest BCUT2D eigenvalue weighted by molar-refractivity contribution is -0.130. The number of carbonyl (C=O) groups is 1. The van der Waals surface area contributed by atoms with Crippen LogP contribution >= 0.6 is 0 Å². The first-order valence-electron chi connectivity index (χ1n) is 8.20. The molecule has 0 saturated carbocycles. The molecule has 6 nitrogen and oxygen atoms in total. The van der Waals surface area contributed by atoms with Crippen LogP contribution in [0.4, 0.5) is 0 Å². The summed E-state index contributed by atoms with van der Waals surface area (Å²) >= 11 is 0. The van der Waals surface area contributed by atoms with Crippen molar-refractivity contribution in [2.75, 3.05) is 27.8 Å². The molecule has 0 aliphatic rings. The van der Waals surface area contributed by atoms with Crippen molar-refractivity contribution in [2.24, 2.45) is 0 Å². The fourth-order valence-electron chi connectivity index (χ4n) is 2.46. The Morgan fingerprint density at radius 3 is 2.73 bits per heavy atom. The zero-order chi connectivity index (χ0) is 18.5. The van der Waals surface area contributed by atoms with Crippen molar-refractivity contribution in [1.82, 2.24) is 15.1 Å². The number of nitrogens with zero attached hydrogens (tertiary/aromatic N) is 2. The van der Waals surface area contributed by atoms with E-state index in [1.165, 1.54) is 4.90 Å². The molecular weight excluding hydrogens is 330 g/mol. The molecule has 3 rings (SSSR count). The van der Waals surface area contributed by atoms with Gasteiger partial charge in [0, 0.05) is 19.5 Å². The van der Waals surface area contributed by atoms with Gasteiger partial charge in [-0.2, -0.15) is 5.10 Å². The van der Waals surface area contributed by atoms with E-state index in [2.05, 4.69) is 10.2 Å². The van der Waals surface area contributed by atoms with Gasteiger partial charge in [-0.15, -0.1) is 0 Å². The number of ether oxygens (including phenoxy) is 2. The van der Waals surface area contributed by atoms with Crippen LogP contribution < -0.4 is 9.47 Å². The number of hydrogen-bond donors (Lipinski definition) is 1. The van der Waals surface area contributed by atoms with Crippen molar-refractivity contribution in [3.05, 3.63) is 53.7 Å². The Hall–Kier alpha value is -3.28. The molecule has 1 amide bonds. The lowest BCUT2D eigenvalue weighted by Crippen LogP contribution is -2.27. The van der Waals surface area contributed by atoms with Gasteiger partial charge in [0.05, 0.1) is 18.3 Å². The Morgan fingerprint density at radius 1 is 1.15 bits per heavy atom. The third kappa shape index (κ3) is 3.85. The maximum absolute atomic E-state index is 11.7. The predicted molar refractivity (Wildman–Crippen MR) is 102 cm³/mol. The average Bonchev–Trinajstić information content (AvgIpc) is 3.07. The van der Waals surface area contributed by atoms with Crippen molar-refractivity contribution in [1.29, 1.82) is 0 Å². The number of hydrogen-bond acceptors (Lipinski definition) is 4. The molecular formula is C20H21N3O3. The minimum absolute atomic E-state index is 0.0300. The van der Waals surface area contributed by atoms with E-state index in [0.29, 0.717) is 11.5 Å². The summed E-state index contributed by atoms with van der Waals surface area (Å²) in [6.45, 7) is -0.0300. The zero-order valence-corrected chi connectivity index (χ0v) is 15.0. The number of fused-ring (bicyclic) bond motifs is 1. The first kappa shape index (κ1) is 17.5. The van der Waals surface area contributed by atoms with Crippen molar-refractivity contribution in [2.45, 2.75) is 0 Å². The maximum atomic E-state index is 11.7. The average molecular weight is 351 g/mol. The van der Waals surface area contributed by atoms with Gasteiger partial charge in [-0.05, 0) is 29.8 Å². The van der Waals surface area contributed by atoms with E-state index >= 15 is 0 Å². The number of para-hydroxylation sites is 1. The first-order valence-corrected chi connectivity index (χ1v) is 8.20. The molecule has 3 aromatic rings. The van der Waals surface area contributed by atoms with E-state index in [1.807, 2.05) is 48.6 Å². The van der Waals surface area contributed by atoms with Crippen LogP contribution in [0, 0.1) is 0 Å². The lowest BCUT2D eigenvalue weighted by Gasteiger charge is -2.13. The minimum atomic E-state index is -0.110. The Bertz CT molecular complexity index is 944. The molecule has 2 aromatic carbocycles. The Balaban J connectivity index is 1.77. The SMILES string of the molecule is COc1cc(/C=C/c2n[nH]c3ccccc23)ccc1OCC(=O)N(C)C. The van der Waals surface area contributed by atoms with Crippen molar-refractivity contribution >= 4 is 29.0 Å². The standard InChI is InChI=1S/C20H21N3O3/c1-23(2)20(24)13-26-18-11-9-14(12-19(18)25-3)8-10-17-15-6-4-5-7-16(15)21-22-17/h4-12H,13H2,1-3H3,(H,21,22)/b10-8+. The highest BCUT2D eigenvalue weighted by atomic mass is 16.5. The van der Waals surface area contributed by atoms with Gasteiger partial charge in [0.1, 0.15) is 0 Å². The third-order valence-corrected chi connectivity index (χ3v) is 3.97. The Morgan fingerprint density at radius 2 is 1.96 bits per heavy atom. The molecule has 1 heterocycles. The number of likely N-dealkylation sites (N-methyl/N-ethyl adjacent to an activating group) is 1. The van der Waals surface area contributed by atoms with Crippen LogP contribution in [0.5, 0.6) is 11.5 Å². The molecule has 0 radical (unpaired) electrons. The van der Waals surface area contributed by atoms with Gasteiger partial charge in [-0.3, -0.25) is 9.89 Å². The van der Waals surface area contributed by atoms with E-state index in [0.717, 1.165) is 22.2 Å². The molecule has 134 valence electrons. The molecule has 0 aliphatic heterocycles. The Labute approximate surface area is 152 Å². The fourth-order valence-corrected chi connectivity index (χ4v) is 2.46. The normalized spacial score (nSPS) is 11.0. The number of H-pyrrole nitrogens is 1. The molecule has 0 fully saturated rings. The fraction of sp³-hybridized carbons (Fsp3) is 0.200. The van der Waals surface area contributed by atoms with E-state index in [9.17, 15) is 4.79 Å². The summed E-state index contributed by atoms with van der Waals surface area (Å²) in [5.74, 6) is 0.997. The molecule has 1 aromatic heterocycles. The topological polar surface area (TPSA) is 67.5 Å². The van der Waals surface area contributed by atoms with E-state index in [1.54, 1.807) is 27.3 Å². The van der Waals surface area contributed by atoms with Crippen LogP contribution in [0.15, 0.2) is 42.5 Å². The van der Waals surface area contributed by atoms with Crippen molar-refractivity contribution in [3.63, 3.8) is 0 Å². The smallest absolute Gasteiger partial charge is 0.259 e. The molecule has 1 N–H and O–H groups in total. The molecule has 26 heavy (non-hydrogen) atoms. The Kier molecular flexibility index (Phi) is 5.22. The summed E-state index contributed by atoms with van der Waals surface area (Å²) in [6, 6.07) is 13.5. The van der Waals surface area contributed by atoms with Gasteiger partial charge >= 0.3 is 0 Å². The van der Waals surface area contributed by atoms with Crippen LogP contribution in [0.1, 0.15) is 11.3 Å². The molecule has 6 heteroatoms. The number of benzene rings is 2. The van der Waals surface area contributed by atoms with Gasteiger partial charge in [0.2, 0.25) is 0 Å². The second-order valence-electron chi connectivity index (χ2n) is 5.97. The number of carbonyl (C=O) groups excluding carboxylic acids is 1. The summed E-state index contributed by atoms with van der Waals surface area (Å²) in [7, 11) is 4.95. The highest BCUT2D eigenvalue weighted by molar-refractivity contribution is 5.89. The largest absolute Gasteiger partial charge is 0.493 e. The third-order valence-electron chi connectivity index (χ3n) is 3.97. The predicted octanol–water partition coefficient (Wildman–Crippen LogP) is 3.21. The monoisotopic (exact) mass is 351 g/mol. The highest BCUT2D eigenvalue weighted by Crippen LogP contribution is 2.29. The van der Waals surface area contributed by atoms with Crippen LogP contribution in [-0.2, 0) is 4.79 Å². The van der Waals surface area contributed by atoms with Gasteiger partial charge < -0.3 is 14.4 Å². The van der Waals surface area contributed by atoms with Crippen LogP contribution in [-0.4, -0.2) is 48.8 Å². The first-order chi connectivity index (χ1) is 12.6. The van der Waals surface area contributed by atoms with E-state index < -0.39 is 0 Å². The molecule has 0 bridgehead atoms. The number of aromatic nitrogens is 2. The molecule has 0 unspecified atom stereocenters. The number of rotatable bonds is 6. The second-order valence-corrected chi connectivity index (χ2v) is 5.97. The van der Waals surface area contributed by atoms with Gasteiger partial charge in [-0.1, -0.05) is 30.3 Å². The zero-order valence-electron chi connectivity index (χ0n) is 15.0. The van der Waals surface area contributed by atoms with Crippen LogP contribution in [0.25, 0.3) is 23.1 Å². The van der Waals surface area contributed by atoms with Gasteiger partial charge in [-0.25, -0.2) is 0 Å². The van der Waals surface area contributed by atoms with Gasteiger partial charge in [0.25, 0.3) is 5.91 Å². The molecule has 0 atom stereocenters. The van der Waals surface area contributed by atoms with E-state index in [4.69, 9.17) is 9.47 Å². The lowest BCUT2D eigenvalue weighted by atomic mass is 10.1. The van der Waals surface area contributed by atoms with Crippen LogP contribution in [0.2, 0.25) is 0 Å². The van der Waals surface area contributed by atoms with Crippen LogP contribution in [0.3, 0.4) is 0 Å². The highest BCUT2D eigenvalue weighted by Gasteiger charge is 2.09. The minimum Gasteiger partial charge on any atom is -0.493 e. The second kappa shape index (κ2) is 7.74. The molecule has 0 aliphatic carbocycles. The summed E-state index contributed by atoms with van der Waals surface area (Å²) in [4.78, 5) is 13.1. The number of amides is 1. The van der Waals surface area contributed by atoms with Crippen molar-refractivity contribution < 1.29 is 14.3 Å². The number of nitrogens with one attached hydrogen (secondary N) is 1. The van der Waals surface area contributed by atoms with Crippen molar-refractivity contribution in [3.8, 4) is 11.5 Å². The molecule has 0 spiro atoms. The summed E-state index contributed by atoms with van der Waals surface area (Å²) < 4.78 is 10.9.